The van der Waals surface area contributed by atoms with Crippen LogP contribution in [0.1, 0.15) is 16.1 Å². The molecule has 1 aliphatic heterocycles. The van der Waals surface area contributed by atoms with Crippen LogP contribution < -0.4 is 0 Å². The van der Waals surface area contributed by atoms with Gasteiger partial charge in [0, 0.05) is 11.8 Å². The lowest BCUT2D eigenvalue weighted by molar-refractivity contribution is -0.141. The van der Waals surface area contributed by atoms with Crippen molar-refractivity contribution in [2.75, 3.05) is 6.54 Å². The van der Waals surface area contributed by atoms with Crippen LogP contribution in [-0.2, 0) is 6.54 Å². The van der Waals surface area contributed by atoms with Crippen LogP contribution in [0.3, 0.4) is 0 Å². The van der Waals surface area contributed by atoms with Gasteiger partial charge in [-0.3, -0.25) is 4.79 Å². The van der Waals surface area contributed by atoms with Gasteiger partial charge in [0.15, 0.2) is 5.69 Å². The molecule has 0 saturated heterocycles. The van der Waals surface area contributed by atoms with Crippen molar-refractivity contribution in [1.29, 1.82) is 0 Å². The number of fused-ring (bicyclic) bond motifs is 1. The van der Waals surface area contributed by atoms with Crippen LogP contribution in [0.5, 0.6) is 0 Å². The summed E-state index contributed by atoms with van der Waals surface area (Å²) in [6.45, 7) is -1.37. The third-order valence-electron chi connectivity index (χ3n) is 3.11. The molecule has 0 N–H and O–H groups in total. The van der Waals surface area contributed by atoms with Gasteiger partial charge in [0.05, 0.1) is 17.3 Å². The molecule has 0 spiro atoms. The molecule has 1 amide bonds. The first kappa shape index (κ1) is 13.9. The van der Waals surface area contributed by atoms with E-state index in [1.807, 2.05) is 0 Å². The predicted molar refractivity (Wildman–Crippen MR) is 69.4 cm³/mol. The van der Waals surface area contributed by atoms with E-state index < -0.39 is 18.6 Å². The minimum absolute atomic E-state index is 0.0409. The van der Waals surface area contributed by atoms with Gasteiger partial charge < -0.3 is 4.90 Å². The van der Waals surface area contributed by atoms with Crippen LogP contribution >= 0.6 is 11.6 Å². The molecular weight excluding hydrogens is 307 g/mol. The van der Waals surface area contributed by atoms with Crippen LogP contribution in [0.25, 0.3) is 5.69 Å². The standard InChI is InChI=1S/C13H9ClF3N3O/c14-9-3-1-2-4-10(9)20-6-8-5-19(7-13(15,16)17)12(21)11(8)18-20/h1-4,6H,5,7H2. The van der Waals surface area contributed by atoms with Crippen LogP contribution in [0.4, 0.5) is 13.2 Å². The van der Waals surface area contributed by atoms with E-state index in [-0.39, 0.29) is 12.2 Å². The smallest absolute Gasteiger partial charge is 0.324 e. The summed E-state index contributed by atoms with van der Waals surface area (Å²) in [4.78, 5) is 12.7. The molecule has 110 valence electrons. The van der Waals surface area contributed by atoms with Crippen LogP contribution in [0, 0.1) is 0 Å². The number of hydrogen-bond acceptors (Lipinski definition) is 2. The molecule has 3 rings (SSSR count). The Morgan fingerprint density at radius 2 is 2.00 bits per heavy atom. The van der Waals surface area contributed by atoms with Gasteiger partial charge in [-0.05, 0) is 12.1 Å². The molecule has 0 bridgehead atoms. The molecule has 0 fully saturated rings. The van der Waals surface area contributed by atoms with Gasteiger partial charge in [-0.25, -0.2) is 4.68 Å². The van der Waals surface area contributed by atoms with Crippen molar-refractivity contribution in [3.05, 3.63) is 46.7 Å². The third-order valence-corrected chi connectivity index (χ3v) is 3.43. The molecule has 0 saturated carbocycles. The molecule has 1 aromatic heterocycles. The number of amides is 1. The average Bonchev–Trinajstić information content (AvgIpc) is 2.90. The maximum atomic E-state index is 12.4. The number of carbonyl (C=O) groups excluding carboxylic acids is 1. The molecule has 0 atom stereocenters. The summed E-state index contributed by atoms with van der Waals surface area (Å²) in [7, 11) is 0. The zero-order chi connectivity index (χ0) is 15.2. The summed E-state index contributed by atoms with van der Waals surface area (Å²) >= 11 is 6.03. The van der Waals surface area contributed by atoms with Crippen molar-refractivity contribution in [2.45, 2.75) is 12.7 Å². The van der Waals surface area contributed by atoms with Crippen LogP contribution in [-0.4, -0.2) is 33.3 Å². The molecule has 21 heavy (non-hydrogen) atoms. The first-order valence-corrected chi connectivity index (χ1v) is 6.42. The second-order valence-electron chi connectivity index (χ2n) is 4.68. The van der Waals surface area contributed by atoms with Crippen molar-refractivity contribution in [2.24, 2.45) is 0 Å². The second-order valence-corrected chi connectivity index (χ2v) is 5.08. The van der Waals surface area contributed by atoms with Crippen molar-refractivity contribution >= 4 is 17.5 Å². The molecule has 2 heterocycles. The van der Waals surface area contributed by atoms with Gasteiger partial charge in [-0.15, -0.1) is 0 Å². The Kier molecular flexibility index (Phi) is 3.16. The summed E-state index contributed by atoms with van der Waals surface area (Å²) in [6, 6.07) is 6.88. The molecule has 0 aliphatic carbocycles. The fraction of sp³-hybridized carbons (Fsp3) is 0.231. The van der Waals surface area contributed by atoms with E-state index in [0.717, 1.165) is 4.90 Å². The van der Waals surface area contributed by atoms with E-state index >= 15 is 0 Å². The van der Waals surface area contributed by atoms with Crippen molar-refractivity contribution in [1.82, 2.24) is 14.7 Å². The molecule has 8 heteroatoms. The summed E-state index contributed by atoms with van der Waals surface area (Å²) in [5, 5.41) is 4.50. The highest BCUT2D eigenvalue weighted by Crippen LogP contribution is 2.28. The minimum atomic E-state index is -4.42. The largest absolute Gasteiger partial charge is 0.406 e. The van der Waals surface area contributed by atoms with Gasteiger partial charge in [0.25, 0.3) is 5.91 Å². The highest BCUT2D eigenvalue weighted by atomic mass is 35.5. The number of rotatable bonds is 2. The predicted octanol–water partition coefficient (Wildman–Crippen LogP) is 3.04. The van der Waals surface area contributed by atoms with Crippen molar-refractivity contribution < 1.29 is 18.0 Å². The highest BCUT2D eigenvalue weighted by molar-refractivity contribution is 6.32. The van der Waals surface area contributed by atoms with Gasteiger partial charge in [-0.1, -0.05) is 23.7 Å². The quantitative estimate of drug-likeness (QED) is 0.854. The van der Waals surface area contributed by atoms with E-state index in [0.29, 0.717) is 16.3 Å². The number of para-hydroxylation sites is 1. The van der Waals surface area contributed by atoms with E-state index in [4.69, 9.17) is 11.6 Å². The Bertz CT molecular complexity index is 711. The lowest BCUT2D eigenvalue weighted by Crippen LogP contribution is -2.34. The molecular formula is C13H9ClF3N3O. The first-order chi connectivity index (χ1) is 9.85. The molecule has 4 nitrogen and oxygen atoms in total. The fourth-order valence-electron chi connectivity index (χ4n) is 2.24. The molecule has 2 aromatic rings. The monoisotopic (exact) mass is 315 g/mol. The Morgan fingerprint density at radius 3 is 2.62 bits per heavy atom. The van der Waals surface area contributed by atoms with Crippen molar-refractivity contribution in [3.8, 4) is 5.69 Å². The van der Waals surface area contributed by atoms with E-state index in [9.17, 15) is 18.0 Å². The number of halogens is 4. The topological polar surface area (TPSA) is 38.1 Å². The highest BCUT2D eigenvalue weighted by Gasteiger charge is 2.39. The van der Waals surface area contributed by atoms with Gasteiger partial charge in [-0.2, -0.15) is 18.3 Å². The lowest BCUT2D eigenvalue weighted by Gasteiger charge is -2.17. The maximum absolute atomic E-state index is 12.4. The first-order valence-electron chi connectivity index (χ1n) is 6.04. The van der Waals surface area contributed by atoms with Gasteiger partial charge in [0.2, 0.25) is 0 Å². The Hall–Kier alpha value is -2.02. The number of carbonyl (C=O) groups is 1. The van der Waals surface area contributed by atoms with E-state index in [2.05, 4.69) is 5.10 Å². The SMILES string of the molecule is O=C1c2nn(-c3ccccc3Cl)cc2CN1CC(F)(F)F. The molecule has 1 aliphatic rings. The Balaban J connectivity index is 1.89. The van der Waals surface area contributed by atoms with Crippen molar-refractivity contribution in [3.63, 3.8) is 0 Å². The summed E-state index contributed by atoms with van der Waals surface area (Å²) in [5.41, 5.74) is 1.08. The minimum Gasteiger partial charge on any atom is -0.324 e. The van der Waals surface area contributed by atoms with Crippen LogP contribution in [0.2, 0.25) is 5.02 Å². The average molecular weight is 316 g/mol. The normalized spacial score (nSPS) is 14.7. The number of nitrogens with zero attached hydrogens (tertiary/aromatic N) is 3. The van der Waals surface area contributed by atoms with E-state index in [1.165, 1.54) is 10.9 Å². The number of benzene rings is 1. The Morgan fingerprint density at radius 1 is 1.29 bits per heavy atom. The zero-order valence-corrected chi connectivity index (χ0v) is 11.3. The lowest BCUT2D eigenvalue weighted by atomic mass is 10.3. The molecule has 1 aromatic carbocycles. The second kappa shape index (κ2) is 4.77. The van der Waals surface area contributed by atoms with Gasteiger partial charge in [0.1, 0.15) is 6.54 Å². The maximum Gasteiger partial charge on any atom is 0.406 e. The van der Waals surface area contributed by atoms with E-state index in [1.54, 1.807) is 24.3 Å². The summed E-state index contributed by atoms with van der Waals surface area (Å²) in [5.74, 6) is -0.715. The zero-order valence-electron chi connectivity index (χ0n) is 10.6. The van der Waals surface area contributed by atoms with Crippen LogP contribution in [0.15, 0.2) is 30.5 Å². The molecule has 0 radical (unpaired) electrons. The number of aromatic nitrogens is 2. The third kappa shape index (κ3) is 2.61. The summed E-state index contributed by atoms with van der Waals surface area (Å²) < 4.78 is 38.5. The number of alkyl halides is 3. The fourth-order valence-corrected chi connectivity index (χ4v) is 2.46. The van der Waals surface area contributed by atoms with Gasteiger partial charge >= 0.3 is 6.18 Å². The molecule has 0 unspecified atom stereocenters. The summed E-state index contributed by atoms with van der Waals surface area (Å²) in [6.07, 6.45) is -2.89. The number of hydrogen-bond donors (Lipinski definition) is 0. The Labute approximate surface area is 122 Å².